The predicted octanol–water partition coefficient (Wildman–Crippen LogP) is 2.20. The first-order valence-electron chi connectivity index (χ1n) is 11.0. The fraction of sp³-hybridized carbons (Fsp3) is 0.286. The third-order valence-electron chi connectivity index (χ3n) is 4.33. The van der Waals surface area contributed by atoms with Crippen LogP contribution >= 0.6 is 0 Å². The quantitative estimate of drug-likeness (QED) is 0.524. The van der Waals surface area contributed by atoms with Gasteiger partial charge in [-0.15, -0.1) is 0 Å². The molecule has 3 aromatic carbocycles. The molecule has 0 unspecified atom stereocenters. The summed E-state index contributed by atoms with van der Waals surface area (Å²) in [6.07, 6.45) is 0. The minimum atomic E-state index is -1.40. The molecule has 6 nitrogen and oxygen atoms in total. The number of carbonyl (C=O) groups is 2. The molecule has 0 fully saturated rings. The van der Waals surface area contributed by atoms with E-state index in [2.05, 4.69) is 103 Å². The number of quaternary nitrogens is 2. The van der Waals surface area contributed by atoms with Crippen LogP contribution < -0.4 is 10.2 Å². The van der Waals surface area contributed by atoms with Crippen molar-refractivity contribution < 1.29 is 28.8 Å². The van der Waals surface area contributed by atoms with Crippen LogP contribution in [-0.4, -0.2) is 63.2 Å². The number of aromatic carboxylic acids is 2. The van der Waals surface area contributed by atoms with Gasteiger partial charge in [-0.3, -0.25) is 0 Å². The molecule has 3 aromatic rings. The summed E-state index contributed by atoms with van der Waals surface area (Å²) in [5, 5.41) is 20.5. The Hall–Kier alpha value is -3.48. The van der Waals surface area contributed by atoms with E-state index in [9.17, 15) is 19.8 Å². The van der Waals surface area contributed by atoms with E-state index >= 15 is 0 Å². The molecule has 0 aliphatic carbocycles. The van der Waals surface area contributed by atoms with Crippen LogP contribution in [0.2, 0.25) is 0 Å². The summed E-state index contributed by atoms with van der Waals surface area (Å²) in [4.78, 5) is 20.5. The molecule has 34 heavy (non-hydrogen) atoms. The van der Waals surface area contributed by atoms with Crippen LogP contribution in [0.5, 0.6) is 0 Å². The van der Waals surface area contributed by atoms with Crippen molar-refractivity contribution in [2.75, 3.05) is 42.3 Å². The van der Waals surface area contributed by atoms with Gasteiger partial charge >= 0.3 is 0 Å². The van der Waals surface area contributed by atoms with Gasteiger partial charge in [0, 0.05) is 11.1 Å². The third-order valence-corrected chi connectivity index (χ3v) is 4.33. The molecular weight excluding hydrogens is 428 g/mol. The molecule has 6 heteroatoms. The van der Waals surface area contributed by atoms with E-state index in [4.69, 9.17) is 0 Å². The highest BCUT2D eigenvalue weighted by atomic mass is 16.4. The lowest BCUT2D eigenvalue weighted by Crippen LogP contribution is -2.33. The first-order valence-corrected chi connectivity index (χ1v) is 11.0. The molecule has 3 rings (SSSR count). The van der Waals surface area contributed by atoms with Crippen molar-refractivity contribution in [2.24, 2.45) is 0 Å². The molecule has 0 aliphatic heterocycles. The summed E-state index contributed by atoms with van der Waals surface area (Å²) < 4.78 is 1.98. The van der Waals surface area contributed by atoms with Crippen molar-refractivity contribution in [3.8, 4) is 0 Å². The van der Waals surface area contributed by atoms with Crippen LogP contribution in [0.25, 0.3) is 0 Å². The van der Waals surface area contributed by atoms with Gasteiger partial charge in [0.2, 0.25) is 0 Å². The standard InChI is InChI=1S/2C10H16N.C8H6O4/c2*1-11(2,3)9-10-7-5-4-6-8-10;9-7(10)5-2-1-3-6(4-5)8(11)12/h2*4-8H,9H2,1-3H3;1-4H,(H,9,10)(H,11,12)/q2*+1;/p-2. The van der Waals surface area contributed by atoms with Gasteiger partial charge in [-0.25, -0.2) is 0 Å². The Morgan fingerprint density at radius 2 is 0.882 bits per heavy atom. The van der Waals surface area contributed by atoms with E-state index in [1.807, 2.05) is 0 Å². The second-order valence-electron chi connectivity index (χ2n) is 10.0. The second-order valence-corrected chi connectivity index (χ2v) is 10.0. The van der Waals surface area contributed by atoms with Crippen molar-refractivity contribution in [3.05, 3.63) is 107 Å². The van der Waals surface area contributed by atoms with E-state index < -0.39 is 11.9 Å². The number of hydrogen-bond donors (Lipinski definition) is 0. The monoisotopic (exact) mass is 464 g/mol. The van der Waals surface area contributed by atoms with Gasteiger partial charge in [-0.05, 0) is 17.2 Å². The van der Waals surface area contributed by atoms with Crippen molar-refractivity contribution in [1.29, 1.82) is 0 Å². The maximum atomic E-state index is 10.3. The van der Waals surface area contributed by atoms with E-state index in [1.54, 1.807) is 0 Å². The van der Waals surface area contributed by atoms with Gasteiger partial charge in [0.1, 0.15) is 13.1 Å². The molecule has 0 amide bonds. The molecular formula is C28H36N2O4. The number of hydrogen-bond acceptors (Lipinski definition) is 4. The molecule has 0 spiro atoms. The van der Waals surface area contributed by atoms with Crippen LogP contribution in [0.1, 0.15) is 31.8 Å². The van der Waals surface area contributed by atoms with Gasteiger partial charge in [-0.1, -0.05) is 78.9 Å². The van der Waals surface area contributed by atoms with Gasteiger partial charge in [0.15, 0.2) is 0 Å². The first-order chi connectivity index (χ1) is 15.8. The molecule has 0 aromatic heterocycles. The SMILES string of the molecule is C[N+](C)(C)Cc1ccccc1.C[N+](C)(C)Cc1ccccc1.O=C([O-])c1cccc(C(=O)[O-])c1. The van der Waals surface area contributed by atoms with Crippen molar-refractivity contribution in [2.45, 2.75) is 13.1 Å². The van der Waals surface area contributed by atoms with Gasteiger partial charge in [-0.2, -0.15) is 0 Å². The largest absolute Gasteiger partial charge is 0.545 e. The number of carboxylic acids is 2. The molecule has 0 heterocycles. The fourth-order valence-corrected chi connectivity index (χ4v) is 3.04. The van der Waals surface area contributed by atoms with E-state index in [0.29, 0.717) is 0 Å². The van der Waals surface area contributed by atoms with E-state index in [1.165, 1.54) is 29.3 Å². The highest BCUT2D eigenvalue weighted by molar-refractivity contribution is 5.91. The zero-order chi connectivity index (χ0) is 25.8. The summed E-state index contributed by atoms with van der Waals surface area (Å²) >= 11 is 0. The lowest BCUT2D eigenvalue weighted by molar-refractivity contribution is -0.884. The van der Waals surface area contributed by atoms with Crippen LogP contribution in [0, 0.1) is 0 Å². The van der Waals surface area contributed by atoms with Crippen LogP contribution in [0.15, 0.2) is 84.9 Å². The maximum Gasteiger partial charge on any atom is 0.104 e. The molecule has 0 aliphatic rings. The van der Waals surface area contributed by atoms with Crippen LogP contribution in [0.4, 0.5) is 0 Å². The normalized spacial score (nSPS) is 10.8. The fourth-order valence-electron chi connectivity index (χ4n) is 3.04. The van der Waals surface area contributed by atoms with Crippen molar-refractivity contribution >= 4 is 11.9 Å². The van der Waals surface area contributed by atoms with Crippen molar-refractivity contribution in [3.63, 3.8) is 0 Å². The number of carboxylic acid groups (broad SMARTS) is 2. The van der Waals surface area contributed by atoms with Gasteiger partial charge in [0.05, 0.1) is 54.2 Å². The van der Waals surface area contributed by atoms with Crippen LogP contribution in [0.3, 0.4) is 0 Å². The highest BCUT2D eigenvalue weighted by Crippen LogP contribution is 2.06. The zero-order valence-corrected chi connectivity index (χ0v) is 21.0. The molecule has 0 saturated heterocycles. The van der Waals surface area contributed by atoms with Gasteiger partial charge in [0.25, 0.3) is 0 Å². The summed E-state index contributed by atoms with van der Waals surface area (Å²) in [7, 11) is 13.2. The summed E-state index contributed by atoms with van der Waals surface area (Å²) in [6, 6.07) is 26.0. The number of benzene rings is 3. The van der Waals surface area contributed by atoms with Gasteiger partial charge < -0.3 is 28.8 Å². The minimum absolute atomic E-state index is 0.170. The Bertz CT molecular complexity index is 941. The Balaban J connectivity index is 0.000000255. The van der Waals surface area contributed by atoms with E-state index in [0.717, 1.165) is 28.1 Å². The first kappa shape index (κ1) is 28.6. The average Bonchev–Trinajstić information content (AvgIpc) is 2.74. The molecule has 0 atom stereocenters. The Labute approximate surface area is 203 Å². The smallest absolute Gasteiger partial charge is 0.104 e. The highest BCUT2D eigenvalue weighted by Gasteiger charge is 2.07. The summed E-state index contributed by atoms with van der Waals surface area (Å²) in [6.45, 7) is 2.20. The molecule has 0 radical (unpaired) electrons. The number of nitrogens with zero attached hydrogens (tertiary/aromatic N) is 2. The molecule has 182 valence electrons. The average molecular weight is 465 g/mol. The topological polar surface area (TPSA) is 80.3 Å². The zero-order valence-electron chi connectivity index (χ0n) is 21.0. The number of carbonyl (C=O) groups excluding carboxylic acids is 2. The third kappa shape index (κ3) is 13.2. The Morgan fingerprint density at radius 1 is 0.559 bits per heavy atom. The lowest BCUT2D eigenvalue weighted by atomic mass is 10.1. The Morgan fingerprint density at radius 3 is 1.15 bits per heavy atom. The second kappa shape index (κ2) is 13.3. The molecule has 0 N–H and O–H groups in total. The molecule has 0 bridgehead atoms. The lowest BCUT2D eigenvalue weighted by Gasteiger charge is -2.23. The maximum absolute atomic E-state index is 10.3. The Kier molecular flexibility index (Phi) is 11.2. The summed E-state index contributed by atoms with van der Waals surface area (Å²) in [5.41, 5.74) is 2.47. The van der Waals surface area contributed by atoms with E-state index in [-0.39, 0.29) is 11.1 Å². The summed E-state index contributed by atoms with van der Waals surface area (Å²) in [5.74, 6) is -2.81. The minimum Gasteiger partial charge on any atom is -0.545 e. The molecule has 0 saturated carbocycles. The van der Waals surface area contributed by atoms with Crippen molar-refractivity contribution in [1.82, 2.24) is 0 Å². The van der Waals surface area contributed by atoms with Crippen LogP contribution in [-0.2, 0) is 13.1 Å². The predicted molar refractivity (Wildman–Crippen MR) is 131 cm³/mol. The number of rotatable bonds is 6.